The molecule has 1 N–H and O–H groups in total. The first-order chi connectivity index (χ1) is 8.63. The lowest BCUT2D eigenvalue weighted by molar-refractivity contribution is -0.117. The Morgan fingerprint density at radius 3 is 2.83 bits per heavy atom. The zero-order valence-electron chi connectivity index (χ0n) is 11.3. The number of ether oxygens (including phenoxy) is 1. The molecule has 18 heavy (non-hydrogen) atoms. The van der Waals surface area contributed by atoms with E-state index in [2.05, 4.69) is 34.7 Å². The normalized spacial score (nSPS) is 30.2. The predicted octanol–water partition coefficient (Wildman–Crippen LogP) is 0.911. The Bertz CT molecular complexity index is 426. The van der Waals surface area contributed by atoms with E-state index in [1.54, 1.807) is 7.11 Å². The molecule has 1 aromatic rings. The fourth-order valence-electron chi connectivity index (χ4n) is 2.77. The molecule has 0 bridgehead atoms. The van der Waals surface area contributed by atoms with Crippen LogP contribution in [0.25, 0.3) is 0 Å². The van der Waals surface area contributed by atoms with E-state index < -0.39 is 0 Å². The molecule has 0 spiro atoms. The summed E-state index contributed by atoms with van der Waals surface area (Å²) in [6.45, 7) is 5.20. The van der Waals surface area contributed by atoms with Crippen molar-refractivity contribution in [2.24, 2.45) is 5.41 Å². The van der Waals surface area contributed by atoms with E-state index in [4.69, 9.17) is 4.74 Å². The second-order valence-corrected chi connectivity index (χ2v) is 5.99. The number of tetrazole rings is 1. The average Bonchev–Trinajstić information content (AvgIpc) is 3.06. The summed E-state index contributed by atoms with van der Waals surface area (Å²) in [6.07, 6.45) is 3.85. The highest BCUT2D eigenvalue weighted by atomic mass is 16.5. The standard InChI is InChI=1S/C12H21N5O/c1-12(2)9(6-10(12)18-3)17-11(14-15-16-17)7-13-8-4-5-8/h8-10,13H,4-7H2,1-3H3. The van der Waals surface area contributed by atoms with Gasteiger partial charge in [-0.15, -0.1) is 5.10 Å². The molecule has 100 valence electrons. The van der Waals surface area contributed by atoms with Crippen molar-refractivity contribution in [1.82, 2.24) is 25.5 Å². The number of nitrogens with zero attached hydrogens (tertiary/aromatic N) is 4. The molecule has 2 aliphatic rings. The average molecular weight is 251 g/mol. The van der Waals surface area contributed by atoms with Crippen molar-refractivity contribution >= 4 is 0 Å². The van der Waals surface area contributed by atoms with Gasteiger partial charge >= 0.3 is 0 Å². The Labute approximate surface area is 107 Å². The van der Waals surface area contributed by atoms with Gasteiger partial charge in [0, 0.05) is 18.6 Å². The van der Waals surface area contributed by atoms with Crippen molar-refractivity contribution in [2.45, 2.75) is 57.8 Å². The lowest BCUT2D eigenvalue weighted by atomic mass is 9.64. The number of hydrogen-bond donors (Lipinski definition) is 1. The number of nitrogens with one attached hydrogen (secondary N) is 1. The Kier molecular flexibility index (Phi) is 2.86. The molecule has 2 fully saturated rings. The second kappa shape index (κ2) is 4.28. The van der Waals surface area contributed by atoms with Crippen LogP contribution >= 0.6 is 0 Å². The summed E-state index contributed by atoms with van der Waals surface area (Å²) < 4.78 is 7.46. The number of hydrogen-bond acceptors (Lipinski definition) is 5. The topological polar surface area (TPSA) is 64.9 Å². The molecule has 0 amide bonds. The minimum atomic E-state index is 0.0957. The molecule has 6 heteroatoms. The third-order valence-corrected chi connectivity index (χ3v) is 4.39. The summed E-state index contributed by atoms with van der Waals surface area (Å²) in [6, 6.07) is 1.02. The van der Waals surface area contributed by atoms with Gasteiger partial charge in [0.2, 0.25) is 0 Å². The molecule has 0 radical (unpaired) electrons. The Hall–Kier alpha value is -1.01. The first kappa shape index (κ1) is 12.0. The van der Waals surface area contributed by atoms with Gasteiger partial charge in [-0.3, -0.25) is 0 Å². The molecular weight excluding hydrogens is 230 g/mol. The van der Waals surface area contributed by atoms with Crippen LogP contribution in [-0.4, -0.2) is 39.5 Å². The van der Waals surface area contributed by atoms with Crippen LogP contribution < -0.4 is 5.32 Å². The fourth-order valence-corrected chi connectivity index (χ4v) is 2.77. The van der Waals surface area contributed by atoms with Gasteiger partial charge in [0.15, 0.2) is 5.82 Å². The zero-order valence-corrected chi connectivity index (χ0v) is 11.3. The zero-order chi connectivity index (χ0) is 12.8. The van der Waals surface area contributed by atoms with Crippen LogP contribution in [-0.2, 0) is 11.3 Å². The highest BCUT2D eigenvalue weighted by Crippen LogP contribution is 2.50. The van der Waals surface area contributed by atoms with Crippen LogP contribution in [0.1, 0.15) is 45.0 Å². The van der Waals surface area contributed by atoms with Crippen LogP contribution in [0.2, 0.25) is 0 Å². The van der Waals surface area contributed by atoms with E-state index in [0.717, 1.165) is 18.8 Å². The number of aromatic nitrogens is 4. The van der Waals surface area contributed by atoms with E-state index >= 15 is 0 Å². The highest BCUT2D eigenvalue weighted by molar-refractivity contribution is 5.03. The molecule has 0 aliphatic heterocycles. The number of rotatable bonds is 5. The predicted molar refractivity (Wildman–Crippen MR) is 65.9 cm³/mol. The van der Waals surface area contributed by atoms with E-state index in [1.165, 1.54) is 12.8 Å². The van der Waals surface area contributed by atoms with Crippen molar-refractivity contribution in [3.8, 4) is 0 Å². The Balaban J connectivity index is 1.70. The van der Waals surface area contributed by atoms with Crippen molar-refractivity contribution in [2.75, 3.05) is 7.11 Å². The minimum Gasteiger partial charge on any atom is -0.381 e. The molecule has 6 nitrogen and oxygen atoms in total. The third kappa shape index (κ3) is 1.93. The highest BCUT2D eigenvalue weighted by Gasteiger charge is 2.51. The van der Waals surface area contributed by atoms with Gasteiger partial charge in [-0.1, -0.05) is 13.8 Å². The molecule has 1 heterocycles. The van der Waals surface area contributed by atoms with Crippen molar-refractivity contribution < 1.29 is 4.74 Å². The SMILES string of the molecule is COC1CC(n2nnnc2CNC2CC2)C1(C)C. The Morgan fingerprint density at radius 1 is 1.44 bits per heavy atom. The largest absolute Gasteiger partial charge is 0.381 e. The Morgan fingerprint density at radius 2 is 2.22 bits per heavy atom. The lowest BCUT2D eigenvalue weighted by Gasteiger charge is -2.50. The van der Waals surface area contributed by atoms with Gasteiger partial charge in [0.05, 0.1) is 18.7 Å². The lowest BCUT2D eigenvalue weighted by Crippen LogP contribution is -2.51. The molecular formula is C12H21N5O. The molecule has 2 aliphatic carbocycles. The van der Waals surface area contributed by atoms with E-state index in [1.807, 2.05) is 4.68 Å². The van der Waals surface area contributed by atoms with Crippen molar-refractivity contribution in [3.63, 3.8) is 0 Å². The first-order valence-electron chi connectivity index (χ1n) is 6.66. The second-order valence-electron chi connectivity index (χ2n) is 5.99. The van der Waals surface area contributed by atoms with Gasteiger partial charge in [0.25, 0.3) is 0 Å². The van der Waals surface area contributed by atoms with Crippen LogP contribution in [0, 0.1) is 5.41 Å². The van der Waals surface area contributed by atoms with E-state index in [0.29, 0.717) is 18.2 Å². The molecule has 2 saturated carbocycles. The summed E-state index contributed by atoms with van der Waals surface area (Å²) in [5.74, 6) is 0.939. The maximum absolute atomic E-state index is 5.48. The summed E-state index contributed by atoms with van der Waals surface area (Å²) in [4.78, 5) is 0. The van der Waals surface area contributed by atoms with Gasteiger partial charge in [-0.25, -0.2) is 4.68 Å². The van der Waals surface area contributed by atoms with E-state index in [-0.39, 0.29) is 5.41 Å². The quantitative estimate of drug-likeness (QED) is 0.842. The van der Waals surface area contributed by atoms with E-state index in [9.17, 15) is 0 Å². The summed E-state index contributed by atoms with van der Waals surface area (Å²) >= 11 is 0. The summed E-state index contributed by atoms with van der Waals surface area (Å²) in [5.41, 5.74) is 0.0957. The molecule has 0 saturated heterocycles. The molecule has 0 aromatic carbocycles. The minimum absolute atomic E-state index is 0.0957. The molecule has 1 aromatic heterocycles. The molecule has 2 unspecified atom stereocenters. The first-order valence-corrected chi connectivity index (χ1v) is 6.66. The van der Waals surface area contributed by atoms with Crippen LogP contribution in [0.5, 0.6) is 0 Å². The van der Waals surface area contributed by atoms with Gasteiger partial charge < -0.3 is 10.1 Å². The molecule has 3 rings (SSSR count). The summed E-state index contributed by atoms with van der Waals surface area (Å²) in [7, 11) is 1.78. The third-order valence-electron chi connectivity index (χ3n) is 4.39. The monoisotopic (exact) mass is 251 g/mol. The van der Waals surface area contributed by atoms with Crippen molar-refractivity contribution in [1.29, 1.82) is 0 Å². The molecule has 2 atom stereocenters. The maximum Gasteiger partial charge on any atom is 0.165 e. The van der Waals surface area contributed by atoms with Gasteiger partial charge in [0.1, 0.15) is 0 Å². The van der Waals surface area contributed by atoms with Crippen LogP contribution in [0.3, 0.4) is 0 Å². The summed E-state index contributed by atoms with van der Waals surface area (Å²) in [5, 5.41) is 15.6. The van der Waals surface area contributed by atoms with Crippen LogP contribution in [0.4, 0.5) is 0 Å². The smallest absolute Gasteiger partial charge is 0.165 e. The number of methoxy groups -OCH3 is 1. The van der Waals surface area contributed by atoms with Crippen molar-refractivity contribution in [3.05, 3.63) is 5.82 Å². The van der Waals surface area contributed by atoms with Gasteiger partial charge in [-0.2, -0.15) is 0 Å². The van der Waals surface area contributed by atoms with Gasteiger partial charge in [-0.05, 0) is 29.7 Å². The maximum atomic E-state index is 5.48. The fraction of sp³-hybridized carbons (Fsp3) is 0.917. The van der Waals surface area contributed by atoms with Crippen LogP contribution in [0.15, 0.2) is 0 Å².